The molecule has 0 bridgehead atoms. The fourth-order valence-corrected chi connectivity index (χ4v) is 1.94. The number of nitrogens with zero attached hydrogens (tertiary/aromatic N) is 2. The smallest absolute Gasteiger partial charge is 0.269 e. The van der Waals surface area contributed by atoms with E-state index in [1.165, 1.54) is 0 Å². The minimum Gasteiger partial charge on any atom is -0.308 e. The highest BCUT2D eigenvalue weighted by molar-refractivity contribution is 5.22. The number of likely N-dealkylation sites (N-methyl/N-ethyl adjacent to an activating group) is 1. The number of rotatable bonds is 3. The fourth-order valence-electron chi connectivity index (χ4n) is 1.94. The standard InChI is InChI=1S/C10H17N3O/c1-12(2)6-7-13-10(14)8-4-3-5-9(8)11-13/h11H,3-7H2,1-2H3. The summed E-state index contributed by atoms with van der Waals surface area (Å²) in [5.41, 5.74) is 2.37. The van der Waals surface area contributed by atoms with Crippen LogP contribution in [0.3, 0.4) is 0 Å². The molecule has 0 atom stereocenters. The van der Waals surface area contributed by atoms with Crippen LogP contribution in [0, 0.1) is 0 Å². The Morgan fingerprint density at radius 2 is 2.21 bits per heavy atom. The van der Waals surface area contributed by atoms with Gasteiger partial charge in [-0.25, -0.2) is 0 Å². The summed E-state index contributed by atoms with van der Waals surface area (Å²) in [4.78, 5) is 13.9. The summed E-state index contributed by atoms with van der Waals surface area (Å²) in [6, 6.07) is 0. The first kappa shape index (κ1) is 9.52. The topological polar surface area (TPSA) is 41.0 Å². The molecule has 0 saturated heterocycles. The Balaban J connectivity index is 2.16. The Kier molecular flexibility index (Phi) is 2.46. The van der Waals surface area contributed by atoms with Crippen molar-refractivity contribution in [1.29, 1.82) is 0 Å². The van der Waals surface area contributed by atoms with E-state index in [1.807, 2.05) is 14.1 Å². The molecule has 0 aliphatic heterocycles. The fraction of sp³-hybridized carbons (Fsp3) is 0.700. The van der Waals surface area contributed by atoms with E-state index in [0.717, 1.165) is 43.6 Å². The number of H-pyrrole nitrogens is 1. The van der Waals surface area contributed by atoms with Crippen LogP contribution in [-0.4, -0.2) is 35.3 Å². The van der Waals surface area contributed by atoms with Crippen molar-refractivity contribution in [1.82, 2.24) is 14.7 Å². The van der Waals surface area contributed by atoms with Crippen LogP contribution in [0.1, 0.15) is 17.7 Å². The molecule has 1 N–H and O–H groups in total. The van der Waals surface area contributed by atoms with Crippen molar-refractivity contribution in [2.45, 2.75) is 25.8 Å². The molecule has 4 heteroatoms. The highest BCUT2D eigenvalue weighted by atomic mass is 16.1. The Bertz CT molecular complexity index is 375. The molecule has 4 nitrogen and oxygen atoms in total. The van der Waals surface area contributed by atoms with Crippen molar-refractivity contribution in [3.05, 3.63) is 21.6 Å². The van der Waals surface area contributed by atoms with Gasteiger partial charge in [-0.2, -0.15) is 0 Å². The van der Waals surface area contributed by atoms with E-state index >= 15 is 0 Å². The molecule has 0 saturated carbocycles. The molecule has 0 aromatic carbocycles. The molecule has 2 rings (SSSR count). The first-order valence-corrected chi connectivity index (χ1v) is 5.14. The van der Waals surface area contributed by atoms with Crippen LogP contribution in [0.15, 0.2) is 4.79 Å². The summed E-state index contributed by atoms with van der Waals surface area (Å²) in [6.07, 6.45) is 3.13. The van der Waals surface area contributed by atoms with Gasteiger partial charge in [0.15, 0.2) is 0 Å². The molecule has 0 spiro atoms. The number of aromatic amines is 1. The van der Waals surface area contributed by atoms with Gasteiger partial charge in [-0.15, -0.1) is 0 Å². The molecule has 1 aliphatic rings. The molecular formula is C10H17N3O. The van der Waals surface area contributed by atoms with Crippen LogP contribution in [0.2, 0.25) is 0 Å². The summed E-state index contributed by atoms with van der Waals surface area (Å²) < 4.78 is 1.74. The quantitative estimate of drug-likeness (QED) is 0.750. The van der Waals surface area contributed by atoms with Gasteiger partial charge in [0, 0.05) is 17.8 Å². The van der Waals surface area contributed by atoms with Crippen molar-refractivity contribution >= 4 is 0 Å². The summed E-state index contributed by atoms with van der Waals surface area (Å²) in [5.74, 6) is 0. The molecule has 14 heavy (non-hydrogen) atoms. The average Bonchev–Trinajstić information content (AvgIpc) is 2.66. The maximum absolute atomic E-state index is 11.8. The maximum atomic E-state index is 11.8. The lowest BCUT2D eigenvalue weighted by molar-refractivity contribution is 0.369. The summed E-state index contributed by atoms with van der Waals surface area (Å²) in [6.45, 7) is 1.66. The Morgan fingerprint density at radius 1 is 1.43 bits per heavy atom. The van der Waals surface area contributed by atoms with Gasteiger partial charge in [0.2, 0.25) is 0 Å². The lowest BCUT2D eigenvalue weighted by atomic mass is 10.3. The zero-order valence-electron chi connectivity index (χ0n) is 8.84. The zero-order valence-corrected chi connectivity index (χ0v) is 8.84. The molecule has 1 heterocycles. The summed E-state index contributed by atoms with van der Waals surface area (Å²) >= 11 is 0. The van der Waals surface area contributed by atoms with Gasteiger partial charge in [-0.1, -0.05) is 0 Å². The Hall–Kier alpha value is -1.03. The number of fused-ring (bicyclic) bond motifs is 1. The second-order valence-electron chi connectivity index (χ2n) is 4.18. The van der Waals surface area contributed by atoms with Gasteiger partial charge in [-0.3, -0.25) is 14.6 Å². The van der Waals surface area contributed by atoms with Gasteiger partial charge in [0.1, 0.15) is 0 Å². The predicted molar refractivity (Wildman–Crippen MR) is 55.6 cm³/mol. The van der Waals surface area contributed by atoms with Gasteiger partial charge in [0.05, 0.1) is 6.54 Å². The molecule has 1 aromatic rings. The lowest BCUT2D eigenvalue weighted by Crippen LogP contribution is -2.26. The van der Waals surface area contributed by atoms with Crippen molar-refractivity contribution in [3.63, 3.8) is 0 Å². The summed E-state index contributed by atoms with van der Waals surface area (Å²) in [5, 5.41) is 3.19. The van der Waals surface area contributed by atoms with Crippen LogP contribution in [-0.2, 0) is 19.4 Å². The van der Waals surface area contributed by atoms with Crippen LogP contribution >= 0.6 is 0 Å². The highest BCUT2D eigenvalue weighted by Gasteiger charge is 2.18. The molecule has 0 amide bonds. The SMILES string of the molecule is CN(C)CCn1[nH]c2c(c1=O)CCC2. The normalized spacial score (nSPS) is 15.1. The maximum Gasteiger partial charge on any atom is 0.269 e. The monoisotopic (exact) mass is 195 g/mol. The molecule has 1 aromatic heterocycles. The summed E-state index contributed by atoms with van der Waals surface area (Å²) in [7, 11) is 4.03. The third-order valence-electron chi connectivity index (χ3n) is 2.76. The number of aromatic nitrogens is 2. The minimum atomic E-state index is 0.194. The minimum absolute atomic E-state index is 0.194. The van der Waals surface area contributed by atoms with Gasteiger partial charge in [-0.05, 0) is 33.4 Å². The van der Waals surface area contributed by atoms with E-state index in [1.54, 1.807) is 4.68 Å². The Morgan fingerprint density at radius 3 is 2.86 bits per heavy atom. The molecule has 0 radical (unpaired) electrons. The molecular weight excluding hydrogens is 178 g/mol. The number of hydrogen-bond acceptors (Lipinski definition) is 2. The van der Waals surface area contributed by atoms with Crippen molar-refractivity contribution in [2.24, 2.45) is 0 Å². The number of nitrogens with one attached hydrogen (secondary N) is 1. The molecule has 78 valence electrons. The largest absolute Gasteiger partial charge is 0.308 e. The molecule has 1 aliphatic carbocycles. The van der Waals surface area contributed by atoms with Gasteiger partial charge in [0.25, 0.3) is 5.56 Å². The first-order valence-electron chi connectivity index (χ1n) is 5.14. The number of aryl methyl sites for hydroxylation is 1. The average molecular weight is 195 g/mol. The highest BCUT2D eigenvalue weighted by Crippen LogP contribution is 2.15. The van der Waals surface area contributed by atoms with Gasteiger partial charge < -0.3 is 4.90 Å². The molecule has 0 fully saturated rings. The van der Waals surface area contributed by atoms with E-state index in [-0.39, 0.29) is 5.56 Å². The number of hydrogen-bond donors (Lipinski definition) is 1. The predicted octanol–water partition coefficient (Wildman–Crippen LogP) is 0.227. The third kappa shape index (κ3) is 1.62. The van der Waals surface area contributed by atoms with E-state index in [9.17, 15) is 4.79 Å². The van der Waals surface area contributed by atoms with Crippen molar-refractivity contribution in [3.8, 4) is 0 Å². The Labute approximate surface area is 83.5 Å². The van der Waals surface area contributed by atoms with Crippen LogP contribution < -0.4 is 5.56 Å². The van der Waals surface area contributed by atoms with Crippen LogP contribution in [0.4, 0.5) is 0 Å². The second-order valence-corrected chi connectivity index (χ2v) is 4.18. The zero-order chi connectivity index (χ0) is 10.1. The molecule has 0 unspecified atom stereocenters. The van der Waals surface area contributed by atoms with E-state index < -0.39 is 0 Å². The van der Waals surface area contributed by atoms with Crippen LogP contribution in [0.5, 0.6) is 0 Å². The van der Waals surface area contributed by atoms with Crippen LogP contribution in [0.25, 0.3) is 0 Å². The van der Waals surface area contributed by atoms with Crippen molar-refractivity contribution in [2.75, 3.05) is 20.6 Å². The second kappa shape index (κ2) is 3.61. The van der Waals surface area contributed by atoms with Gasteiger partial charge >= 0.3 is 0 Å². The van der Waals surface area contributed by atoms with E-state index in [2.05, 4.69) is 10.00 Å². The third-order valence-corrected chi connectivity index (χ3v) is 2.76. The first-order chi connectivity index (χ1) is 6.68. The lowest BCUT2D eigenvalue weighted by Gasteiger charge is -2.09. The van der Waals surface area contributed by atoms with E-state index in [4.69, 9.17) is 0 Å². The van der Waals surface area contributed by atoms with E-state index in [0.29, 0.717) is 0 Å². The van der Waals surface area contributed by atoms with Crippen molar-refractivity contribution < 1.29 is 0 Å².